The van der Waals surface area contributed by atoms with Crippen LogP contribution in [0.15, 0.2) is 40.8 Å². The van der Waals surface area contributed by atoms with Gasteiger partial charge in [0.05, 0.1) is 0 Å². The molecule has 0 aliphatic heterocycles. The first-order valence-corrected chi connectivity index (χ1v) is 5.93. The highest BCUT2D eigenvalue weighted by Gasteiger charge is 2.11. The van der Waals surface area contributed by atoms with E-state index in [-0.39, 0.29) is 11.4 Å². The van der Waals surface area contributed by atoms with Crippen LogP contribution >= 0.6 is 0 Å². The van der Waals surface area contributed by atoms with Gasteiger partial charge in [0, 0.05) is 17.0 Å². The van der Waals surface area contributed by atoms with E-state index in [1.54, 1.807) is 6.08 Å². The summed E-state index contributed by atoms with van der Waals surface area (Å²) in [7, 11) is 0. The van der Waals surface area contributed by atoms with Gasteiger partial charge in [0.25, 0.3) is 0 Å². The highest BCUT2D eigenvalue weighted by molar-refractivity contribution is 5.92. The minimum Gasteiger partial charge on any atom is -0.457 e. The van der Waals surface area contributed by atoms with Gasteiger partial charge in [-0.3, -0.25) is 4.79 Å². The van der Waals surface area contributed by atoms with Gasteiger partial charge >= 0.3 is 0 Å². The monoisotopic (exact) mass is 243 g/mol. The molecule has 0 atom stereocenters. The van der Waals surface area contributed by atoms with Crippen molar-refractivity contribution in [3.05, 3.63) is 42.2 Å². The van der Waals surface area contributed by atoms with Crippen LogP contribution < -0.4 is 5.32 Å². The third-order valence-electron chi connectivity index (χ3n) is 2.34. The lowest BCUT2D eigenvalue weighted by Crippen LogP contribution is -2.39. The molecule has 0 aliphatic rings. The van der Waals surface area contributed by atoms with E-state index in [0.717, 1.165) is 11.0 Å². The molecular weight excluding hydrogens is 226 g/mol. The number of carbonyl (C=O) groups is 1. The number of benzene rings is 1. The van der Waals surface area contributed by atoms with Crippen LogP contribution in [0.1, 0.15) is 26.5 Å². The number of fused-ring (bicyclic) bond motifs is 1. The van der Waals surface area contributed by atoms with Crippen LogP contribution in [0.3, 0.4) is 0 Å². The van der Waals surface area contributed by atoms with Gasteiger partial charge < -0.3 is 9.73 Å². The number of hydrogen-bond donors (Lipinski definition) is 1. The molecule has 1 aromatic heterocycles. The second-order valence-corrected chi connectivity index (χ2v) is 5.26. The normalized spacial score (nSPS) is 12.2. The molecule has 0 unspecified atom stereocenters. The quantitative estimate of drug-likeness (QED) is 0.822. The molecule has 3 nitrogen and oxygen atoms in total. The summed E-state index contributed by atoms with van der Waals surface area (Å²) in [6, 6.07) is 9.67. The lowest BCUT2D eigenvalue weighted by Gasteiger charge is -2.18. The third kappa shape index (κ3) is 3.23. The Morgan fingerprint density at radius 2 is 2.00 bits per heavy atom. The maximum Gasteiger partial charge on any atom is 0.244 e. The Morgan fingerprint density at radius 1 is 1.28 bits per heavy atom. The van der Waals surface area contributed by atoms with Crippen LogP contribution in [0, 0.1) is 0 Å². The molecule has 1 amide bonds. The van der Waals surface area contributed by atoms with Gasteiger partial charge in [-0.15, -0.1) is 0 Å². The molecule has 1 N–H and O–H groups in total. The Bertz CT molecular complexity index is 555. The fourth-order valence-electron chi connectivity index (χ4n) is 1.65. The second kappa shape index (κ2) is 4.69. The van der Waals surface area contributed by atoms with Crippen molar-refractivity contribution in [2.45, 2.75) is 26.3 Å². The van der Waals surface area contributed by atoms with Crippen molar-refractivity contribution in [1.29, 1.82) is 0 Å². The van der Waals surface area contributed by atoms with E-state index in [4.69, 9.17) is 4.42 Å². The average molecular weight is 243 g/mol. The fourth-order valence-corrected chi connectivity index (χ4v) is 1.65. The maximum atomic E-state index is 11.6. The lowest BCUT2D eigenvalue weighted by molar-refractivity contribution is -0.117. The van der Waals surface area contributed by atoms with Crippen molar-refractivity contribution in [2.24, 2.45) is 0 Å². The summed E-state index contributed by atoms with van der Waals surface area (Å²) in [6.45, 7) is 5.83. The van der Waals surface area contributed by atoms with Crippen LogP contribution in [0.25, 0.3) is 17.0 Å². The summed E-state index contributed by atoms with van der Waals surface area (Å²) in [5, 5.41) is 3.89. The summed E-state index contributed by atoms with van der Waals surface area (Å²) in [5.41, 5.74) is 0.600. The zero-order valence-electron chi connectivity index (χ0n) is 10.9. The predicted octanol–water partition coefficient (Wildman–Crippen LogP) is 3.36. The van der Waals surface area contributed by atoms with E-state index < -0.39 is 0 Å². The summed E-state index contributed by atoms with van der Waals surface area (Å²) in [5.74, 6) is 0.559. The average Bonchev–Trinajstić information content (AvgIpc) is 2.66. The molecule has 2 aromatic rings. The van der Waals surface area contributed by atoms with E-state index in [9.17, 15) is 4.79 Å². The second-order valence-electron chi connectivity index (χ2n) is 5.26. The van der Waals surface area contributed by atoms with Crippen LogP contribution in [-0.2, 0) is 4.79 Å². The smallest absolute Gasteiger partial charge is 0.244 e. The van der Waals surface area contributed by atoms with Crippen molar-refractivity contribution in [3.8, 4) is 0 Å². The van der Waals surface area contributed by atoms with Gasteiger partial charge in [-0.25, -0.2) is 0 Å². The molecule has 1 heterocycles. The number of rotatable bonds is 2. The third-order valence-corrected chi connectivity index (χ3v) is 2.34. The summed E-state index contributed by atoms with van der Waals surface area (Å²) in [4.78, 5) is 11.6. The molecule has 0 saturated heterocycles. The van der Waals surface area contributed by atoms with Gasteiger partial charge in [0.1, 0.15) is 11.3 Å². The number of amides is 1. The maximum absolute atomic E-state index is 11.6. The van der Waals surface area contributed by atoms with Crippen molar-refractivity contribution in [2.75, 3.05) is 0 Å². The standard InChI is InChI=1S/C15H17NO2/c1-15(2,3)16-14(17)9-8-12-10-11-6-4-5-7-13(11)18-12/h4-10H,1-3H3,(H,16,17)/b9-8+. The van der Waals surface area contributed by atoms with E-state index in [1.165, 1.54) is 6.08 Å². The molecule has 3 heteroatoms. The first kappa shape index (κ1) is 12.4. The predicted molar refractivity (Wildman–Crippen MR) is 73.1 cm³/mol. The molecule has 0 aliphatic carbocycles. The van der Waals surface area contributed by atoms with Crippen molar-refractivity contribution in [1.82, 2.24) is 5.32 Å². The largest absolute Gasteiger partial charge is 0.457 e. The minimum atomic E-state index is -0.227. The Morgan fingerprint density at radius 3 is 2.67 bits per heavy atom. The Balaban J connectivity index is 2.11. The highest BCUT2D eigenvalue weighted by atomic mass is 16.3. The molecule has 0 spiro atoms. The Kier molecular flexibility index (Phi) is 3.24. The minimum absolute atomic E-state index is 0.122. The van der Waals surface area contributed by atoms with Gasteiger partial charge in [-0.1, -0.05) is 18.2 Å². The lowest BCUT2D eigenvalue weighted by atomic mass is 10.1. The number of furan rings is 1. The van der Waals surface area contributed by atoms with E-state index >= 15 is 0 Å². The first-order chi connectivity index (χ1) is 8.44. The molecule has 0 fully saturated rings. The molecule has 94 valence electrons. The van der Waals surface area contributed by atoms with E-state index in [2.05, 4.69) is 5.32 Å². The van der Waals surface area contributed by atoms with Gasteiger partial charge in [0.2, 0.25) is 5.91 Å². The van der Waals surface area contributed by atoms with Gasteiger partial charge in [-0.2, -0.15) is 0 Å². The number of nitrogens with one attached hydrogen (secondary N) is 1. The van der Waals surface area contributed by atoms with Crippen LogP contribution in [0.4, 0.5) is 0 Å². The van der Waals surface area contributed by atoms with E-state index in [0.29, 0.717) is 5.76 Å². The Hall–Kier alpha value is -2.03. The van der Waals surface area contributed by atoms with Gasteiger partial charge in [-0.05, 0) is 39.0 Å². The number of carbonyl (C=O) groups excluding carboxylic acids is 1. The number of para-hydroxylation sites is 1. The van der Waals surface area contributed by atoms with Crippen molar-refractivity contribution in [3.63, 3.8) is 0 Å². The number of hydrogen-bond acceptors (Lipinski definition) is 2. The van der Waals surface area contributed by atoms with Crippen LogP contribution in [-0.4, -0.2) is 11.4 Å². The first-order valence-electron chi connectivity index (χ1n) is 5.93. The van der Waals surface area contributed by atoms with Crippen LogP contribution in [0.5, 0.6) is 0 Å². The SMILES string of the molecule is CC(C)(C)NC(=O)/C=C/c1cc2ccccc2o1. The molecular formula is C15H17NO2. The zero-order valence-corrected chi connectivity index (χ0v) is 10.9. The molecule has 1 aromatic carbocycles. The summed E-state index contributed by atoms with van der Waals surface area (Å²) < 4.78 is 5.58. The fraction of sp³-hybridized carbons (Fsp3) is 0.267. The Labute approximate surface area is 106 Å². The van der Waals surface area contributed by atoms with Crippen LogP contribution in [0.2, 0.25) is 0 Å². The molecule has 2 rings (SSSR count). The summed E-state index contributed by atoms with van der Waals surface area (Å²) >= 11 is 0. The molecule has 0 saturated carbocycles. The van der Waals surface area contributed by atoms with Gasteiger partial charge in [0.15, 0.2) is 0 Å². The molecule has 0 bridgehead atoms. The summed E-state index contributed by atoms with van der Waals surface area (Å²) in [6.07, 6.45) is 3.17. The molecule has 0 radical (unpaired) electrons. The van der Waals surface area contributed by atoms with Crippen molar-refractivity contribution < 1.29 is 9.21 Å². The molecule has 18 heavy (non-hydrogen) atoms. The topological polar surface area (TPSA) is 42.2 Å². The van der Waals surface area contributed by atoms with E-state index in [1.807, 2.05) is 51.1 Å². The highest BCUT2D eigenvalue weighted by Crippen LogP contribution is 2.19. The zero-order chi connectivity index (χ0) is 13.2. The van der Waals surface area contributed by atoms with Crippen molar-refractivity contribution >= 4 is 23.0 Å².